The predicted molar refractivity (Wildman–Crippen MR) is 169 cm³/mol. The summed E-state index contributed by atoms with van der Waals surface area (Å²) in [7, 11) is 0. The molecule has 1 saturated heterocycles. The molecule has 1 aromatic carbocycles. The lowest BCUT2D eigenvalue weighted by Gasteiger charge is -2.35. The maximum atomic E-state index is 13.3. The number of halogens is 1. The van der Waals surface area contributed by atoms with E-state index in [-0.39, 0.29) is 19.1 Å². The number of hydrogen-bond donors (Lipinski definition) is 3. The van der Waals surface area contributed by atoms with Gasteiger partial charge in [-0.05, 0) is 61.6 Å². The van der Waals surface area contributed by atoms with Gasteiger partial charge in [0.05, 0.1) is 17.3 Å². The third-order valence-electron chi connectivity index (χ3n) is 8.87. The number of hydrogen-bond acceptors (Lipinski definition) is 10. The number of nitrogens with one attached hydrogen (secondary N) is 2. The lowest BCUT2D eigenvalue weighted by atomic mass is 9.93. The van der Waals surface area contributed by atoms with Crippen LogP contribution in [-0.4, -0.2) is 95.3 Å². The Morgan fingerprint density at radius 1 is 1.18 bits per heavy atom. The van der Waals surface area contributed by atoms with Gasteiger partial charge in [-0.2, -0.15) is 0 Å². The van der Waals surface area contributed by atoms with E-state index in [2.05, 4.69) is 37.2 Å². The molecule has 0 radical (unpaired) electrons. The van der Waals surface area contributed by atoms with Gasteiger partial charge in [0.2, 0.25) is 0 Å². The molecular weight excluding hydrogens is 582 g/mol. The fourth-order valence-electron chi connectivity index (χ4n) is 5.99. The van der Waals surface area contributed by atoms with E-state index in [0.29, 0.717) is 41.2 Å². The Morgan fingerprint density at radius 2 is 2.02 bits per heavy atom. The SMILES string of the molecule is CCN1CCN(c2cc(C(=O)NC[C@H](O)CN3CCc4c(ccc(OCc5cnco5)c4Cl)C3)cc(NC3CCC3)n2)CC1. The van der Waals surface area contributed by atoms with Gasteiger partial charge in [0, 0.05) is 64.0 Å². The molecular formula is C32H42ClN7O4. The van der Waals surface area contributed by atoms with E-state index >= 15 is 0 Å². The number of carbonyl (C=O) groups excluding carboxylic acids is 1. The number of fused-ring (bicyclic) bond motifs is 1. The van der Waals surface area contributed by atoms with Crippen LogP contribution in [0.5, 0.6) is 5.75 Å². The van der Waals surface area contributed by atoms with Crippen molar-refractivity contribution in [3.05, 3.63) is 64.3 Å². The Hall–Kier alpha value is -3.38. The molecule has 2 aromatic heterocycles. The summed E-state index contributed by atoms with van der Waals surface area (Å²) in [6.45, 7) is 9.24. The number of nitrogens with zero attached hydrogens (tertiary/aromatic N) is 5. The number of aromatic nitrogens is 2. The molecule has 0 unspecified atom stereocenters. The van der Waals surface area contributed by atoms with E-state index < -0.39 is 6.10 Å². The van der Waals surface area contributed by atoms with Gasteiger partial charge in [-0.1, -0.05) is 24.6 Å². The summed E-state index contributed by atoms with van der Waals surface area (Å²) in [5.41, 5.74) is 2.74. The zero-order valence-electron chi connectivity index (χ0n) is 25.3. The maximum Gasteiger partial charge on any atom is 0.251 e. The zero-order valence-corrected chi connectivity index (χ0v) is 26.1. The molecule has 1 amide bonds. The van der Waals surface area contributed by atoms with Crippen molar-refractivity contribution in [2.75, 3.05) is 62.6 Å². The van der Waals surface area contributed by atoms with Crippen LogP contribution in [0.3, 0.4) is 0 Å². The highest BCUT2D eigenvalue weighted by molar-refractivity contribution is 6.33. The number of likely N-dealkylation sites (N-methyl/N-ethyl adjacent to an activating group) is 1. The van der Waals surface area contributed by atoms with Crippen molar-refractivity contribution in [3.8, 4) is 5.75 Å². The summed E-state index contributed by atoms with van der Waals surface area (Å²) >= 11 is 6.69. The van der Waals surface area contributed by atoms with Crippen molar-refractivity contribution in [1.29, 1.82) is 0 Å². The van der Waals surface area contributed by atoms with Gasteiger partial charge in [0.15, 0.2) is 12.2 Å². The average molecular weight is 624 g/mol. The number of aliphatic hydroxyl groups is 1. The number of oxazole rings is 1. The molecule has 44 heavy (non-hydrogen) atoms. The van der Waals surface area contributed by atoms with E-state index in [4.69, 9.17) is 25.7 Å². The molecule has 1 atom stereocenters. The van der Waals surface area contributed by atoms with E-state index in [9.17, 15) is 9.90 Å². The molecule has 12 heteroatoms. The minimum absolute atomic E-state index is 0.162. The van der Waals surface area contributed by atoms with Gasteiger partial charge in [0.25, 0.3) is 5.91 Å². The molecule has 3 aromatic rings. The van der Waals surface area contributed by atoms with Crippen LogP contribution in [0.1, 0.15) is 53.4 Å². The Labute approximate surface area is 263 Å². The topological polar surface area (TPSA) is 119 Å². The first kappa shape index (κ1) is 30.6. The highest BCUT2D eigenvalue weighted by atomic mass is 35.5. The van der Waals surface area contributed by atoms with E-state index in [1.807, 2.05) is 24.3 Å². The van der Waals surface area contributed by atoms with Crippen LogP contribution in [-0.2, 0) is 19.6 Å². The average Bonchev–Trinajstić information content (AvgIpc) is 3.55. The van der Waals surface area contributed by atoms with Crippen LogP contribution in [0.25, 0.3) is 0 Å². The van der Waals surface area contributed by atoms with Crippen LogP contribution in [0.15, 0.2) is 41.3 Å². The zero-order chi connectivity index (χ0) is 30.5. The molecule has 2 aliphatic heterocycles. The number of anilines is 2. The van der Waals surface area contributed by atoms with Crippen LogP contribution < -0.4 is 20.3 Å². The Kier molecular flexibility index (Phi) is 9.85. The molecule has 236 valence electrons. The number of pyridine rings is 1. The summed E-state index contributed by atoms with van der Waals surface area (Å²) < 4.78 is 11.1. The van der Waals surface area contributed by atoms with Gasteiger partial charge in [-0.15, -0.1) is 0 Å². The summed E-state index contributed by atoms with van der Waals surface area (Å²) in [5, 5.41) is 18.0. The quantitative estimate of drug-likeness (QED) is 0.276. The molecule has 1 saturated carbocycles. The second-order valence-electron chi connectivity index (χ2n) is 11.9. The van der Waals surface area contributed by atoms with Crippen LogP contribution >= 0.6 is 11.6 Å². The summed E-state index contributed by atoms with van der Waals surface area (Å²) in [6.07, 6.45) is 6.49. The highest BCUT2D eigenvalue weighted by Crippen LogP contribution is 2.34. The molecule has 3 aliphatic rings. The predicted octanol–water partition coefficient (Wildman–Crippen LogP) is 3.56. The second-order valence-corrected chi connectivity index (χ2v) is 12.3. The van der Waals surface area contributed by atoms with Crippen LogP contribution in [0, 0.1) is 0 Å². The van der Waals surface area contributed by atoms with Crippen molar-refractivity contribution in [3.63, 3.8) is 0 Å². The minimum atomic E-state index is -0.712. The highest BCUT2D eigenvalue weighted by Gasteiger charge is 2.25. The third-order valence-corrected chi connectivity index (χ3v) is 9.29. The normalized spacial score (nSPS) is 18.4. The smallest absolute Gasteiger partial charge is 0.251 e. The lowest BCUT2D eigenvalue weighted by Crippen LogP contribution is -2.46. The number of carbonyl (C=O) groups is 1. The van der Waals surface area contributed by atoms with Crippen molar-refractivity contribution in [1.82, 2.24) is 25.1 Å². The Morgan fingerprint density at radius 3 is 2.75 bits per heavy atom. The molecule has 2 fully saturated rings. The molecule has 1 aliphatic carbocycles. The number of rotatable bonds is 12. The number of benzene rings is 1. The lowest BCUT2D eigenvalue weighted by molar-refractivity contribution is 0.0841. The molecule has 0 spiro atoms. The first-order valence-corrected chi connectivity index (χ1v) is 16.1. The maximum absolute atomic E-state index is 13.3. The molecule has 3 N–H and O–H groups in total. The first-order valence-electron chi connectivity index (χ1n) is 15.7. The number of β-amino-alcohol motifs (C(OH)–C–C–N with tert-alkyl or cyclic N) is 1. The monoisotopic (exact) mass is 623 g/mol. The summed E-state index contributed by atoms with van der Waals surface area (Å²) in [5.74, 6) is 2.62. The van der Waals surface area contributed by atoms with Gasteiger partial charge in [0.1, 0.15) is 24.0 Å². The number of ether oxygens (including phenoxy) is 1. The van der Waals surface area contributed by atoms with Crippen LogP contribution in [0.4, 0.5) is 11.6 Å². The Bertz CT molecular complexity index is 1410. The molecule has 4 heterocycles. The third kappa shape index (κ3) is 7.46. The van der Waals surface area contributed by atoms with Crippen LogP contribution in [0.2, 0.25) is 5.02 Å². The van der Waals surface area contributed by atoms with Crippen molar-refractivity contribution < 1.29 is 19.1 Å². The second kappa shape index (κ2) is 14.2. The summed E-state index contributed by atoms with van der Waals surface area (Å²) in [4.78, 5) is 28.9. The number of piperazine rings is 1. The summed E-state index contributed by atoms with van der Waals surface area (Å²) in [6, 6.07) is 8.02. The standard InChI is InChI=1S/C32H42ClN7O4/c1-2-38-10-12-40(13-11-38)30-15-23(14-29(37-30)36-24-4-3-5-24)32(42)35-16-25(41)19-39-9-8-27-22(18-39)6-7-28(31(27)33)43-20-26-17-34-21-44-26/h6-7,14-15,17,21,24-25,41H,2-5,8-13,16,18-20H2,1H3,(H,35,42)(H,36,37)/t25-/m0/s1. The van der Waals surface area contributed by atoms with Crippen molar-refractivity contribution in [2.45, 2.75) is 57.9 Å². The largest absolute Gasteiger partial charge is 0.484 e. The van der Waals surface area contributed by atoms with E-state index in [1.165, 1.54) is 12.8 Å². The van der Waals surface area contributed by atoms with Crippen molar-refractivity contribution in [2.24, 2.45) is 0 Å². The Balaban J connectivity index is 1.03. The molecule has 6 rings (SSSR count). The number of aliphatic hydroxyl groups excluding tert-OH is 1. The van der Waals surface area contributed by atoms with E-state index in [1.54, 1.807) is 6.20 Å². The van der Waals surface area contributed by atoms with Gasteiger partial charge in [-0.25, -0.2) is 9.97 Å². The fourth-order valence-corrected chi connectivity index (χ4v) is 6.32. The number of amides is 1. The van der Waals surface area contributed by atoms with Crippen molar-refractivity contribution >= 4 is 29.1 Å². The minimum Gasteiger partial charge on any atom is -0.484 e. The fraction of sp³-hybridized carbons (Fsp3) is 0.531. The first-order chi connectivity index (χ1) is 21.4. The van der Waals surface area contributed by atoms with Gasteiger partial charge < -0.3 is 34.7 Å². The molecule has 11 nitrogen and oxygen atoms in total. The van der Waals surface area contributed by atoms with E-state index in [0.717, 1.165) is 81.3 Å². The van der Waals surface area contributed by atoms with Gasteiger partial charge >= 0.3 is 0 Å². The van der Waals surface area contributed by atoms with Gasteiger partial charge in [-0.3, -0.25) is 9.69 Å². The molecule has 0 bridgehead atoms.